The van der Waals surface area contributed by atoms with E-state index >= 15 is 0 Å². The van der Waals surface area contributed by atoms with Crippen LogP contribution in [0.15, 0.2) is 25.6 Å². The average molecular weight is 527 g/mol. The lowest BCUT2D eigenvalue weighted by Gasteiger charge is -2.36. The molecule has 0 N–H and O–H groups in total. The quantitative estimate of drug-likeness (QED) is 0.251. The molecule has 0 bridgehead atoms. The molecule has 2 aliphatic carbocycles. The number of rotatable bonds is 11. The summed E-state index contributed by atoms with van der Waals surface area (Å²) in [7, 11) is 0. The van der Waals surface area contributed by atoms with E-state index in [2.05, 4.69) is 45.2 Å². The summed E-state index contributed by atoms with van der Waals surface area (Å²) >= 11 is 0. The third-order valence-electron chi connectivity index (χ3n) is 10.5. The Kier molecular flexibility index (Phi) is 13.4. The molecule has 0 spiro atoms. The maximum atomic E-state index is 4.20. The molecule has 2 atom stereocenters. The van der Waals surface area contributed by atoms with E-state index in [9.17, 15) is 0 Å². The van der Waals surface area contributed by atoms with Gasteiger partial charge in [-0.15, -0.1) is 0 Å². The van der Waals surface area contributed by atoms with Crippen molar-refractivity contribution in [1.82, 2.24) is 19.6 Å². The van der Waals surface area contributed by atoms with Crippen LogP contribution in [0.2, 0.25) is 0 Å². The summed E-state index contributed by atoms with van der Waals surface area (Å²) < 4.78 is 0. The number of unbranched alkanes of at least 4 members (excludes halogenated alkanes) is 3. The molecule has 2 aliphatic heterocycles. The molecule has 0 aromatic rings. The number of hydrogen-bond acceptors (Lipinski definition) is 4. The molecule has 2 heterocycles. The van der Waals surface area contributed by atoms with Gasteiger partial charge in [-0.2, -0.15) is 0 Å². The Labute approximate surface area is 236 Å². The first-order valence-corrected chi connectivity index (χ1v) is 17.0. The fourth-order valence-corrected chi connectivity index (χ4v) is 8.28. The van der Waals surface area contributed by atoms with Gasteiger partial charge in [-0.3, -0.25) is 9.80 Å². The van der Waals surface area contributed by atoms with Gasteiger partial charge in [0.25, 0.3) is 0 Å². The molecule has 4 rings (SSSR count). The molecular formula is C34H62N4. The smallest absolute Gasteiger partial charge is 0.0844 e. The van der Waals surface area contributed by atoms with E-state index in [-0.39, 0.29) is 0 Å². The van der Waals surface area contributed by atoms with Crippen molar-refractivity contribution in [3.05, 3.63) is 25.6 Å². The maximum absolute atomic E-state index is 4.20. The number of nitrogens with zero attached hydrogens (tertiary/aromatic N) is 4. The van der Waals surface area contributed by atoms with Crippen molar-refractivity contribution in [3.63, 3.8) is 0 Å². The Morgan fingerprint density at radius 2 is 1.08 bits per heavy atom. The van der Waals surface area contributed by atoms with Crippen LogP contribution in [-0.2, 0) is 0 Å². The van der Waals surface area contributed by atoms with Crippen LogP contribution in [0.3, 0.4) is 0 Å². The van der Waals surface area contributed by atoms with Crippen molar-refractivity contribution < 1.29 is 0 Å². The van der Waals surface area contributed by atoms with Crippen molar-refractivity contribution >= 4 is 0 Å². The van der Waals surface area contributed by atoms with Crippen LogP contribution >= 0.6 is 0 Å². The zero-order chi connectivity index (χ0) is 26.4. The zero-order valence-corrected chi connectivity index (χ0v) is 25.1. The van der Waals surface area contributed by atoms with Gasteiger partial charge < -0.3 is 9.80 Å². The van der Waals surface area contributed by atoms with Gasteiger partial charge in [-0.1, -0.05) is 103 Å². The molecule has 4 fully saturated rings. The van der Waals surface area contributed by atoms with Gasteiger partial charge >= 0.3 is 0 Å². The monoisotopic (exact) mass is 526 g/mol. The summed E-state index contributed by atoms with van der Waals surface area (Å²) in [5, 5.41) is 0. The summed E-state index contributed by atoms with van der Waals surface area (Å²) in [4.78, 5) is 10.7. The van der Waals surface area contributed by atoms with E-state index in [0.717, 1.165) is 18.5 Å². The molecule has 38 heavy (non-hydrogen) atoms. The Morgan fingerprint density at radius 1 is 0.553 bits per heavy atom. The fourth-order valence-electron chi connectivity index (χ4n) is 8.28. The molecule has 0 aromatic carbocycles. The fraction of sp³-hybridized carbons (Fsp3) is 0.882. The van der Waals surface area contributed by atoms with Gasteiger partial charge in [-0.05, 0) is 69.3 Å². The van der Waals surface area contributed by atoms with Gasteiger partial charge in [-0.25, -0.2) is 0 Å². The third-order valence-corrected chi connectivity index (χ3v) is 10.5. The highest BCUT2D eigenvalue weighted by Crippen LogP contribution is 2.33. The van der Waals surface area contributed by atoms with Gasteiger partial charge in [0.15, 0.2) is 0 Å². The first-order valence-electron chi connectivity index (χ1n) is 17.0. The largest absolute Gasteiger partial charge is 0.361 e. The van der Waals surface area contributed by atoms with Gasteiger partial charge in [0.1, 0.15) is 0 Å². The van der Waals surface area contributed by atoms with Crippen molar-refractivity contribution in [2.24, 2.45) is 11.8 Å². The molecule has 4 nitrogen and oxygen atoms in total. The highest BCUT2D eigenvalue weighted by atomic mass is 15.4. The average Bonchev–Trinajstić information content (AvgIpc) is 3.52. The number of hydrogen-bond donors (Lipinski definition) is 0. The standard InChI is InChI=1S/C34H62N4/c1-3-36-27-28-38(34(36)32-23-17-9-6-5-7-10-18-24-32)26-20-14-13-19-25-35-29-33(37(4-2)30-35)31-21-15-11-8-12-16-22-31/h3-4,31-34H,1-2,5-30H2. The topological polar surface area (TPSA) is 13.0 Å². The Bertz CT molecular complexity index is 647. The second kappa shape index (κ2) is 17.0. The molecule has 4 heteroatoms. The van der Waals surface area contributed by atoms with Crippen LogP contribution in [0, 0.1) is 11.8 Å². The first-order chi connectivity index (χ1) is 18.8. The Balaban J connectivity index is 1.16. The van der Waals surface area contributed by atoms with Crippen LogP contribution in [0.25, 0.3) is 0 Å². The second-order valence-corrected chi connectivity index (χ2v) is 13.2. The van der Waals surface area contributed by atoms with Crippen molar-refractivity contribution in [2.45, 2.75) is 141 Å². The molecule has 2 unspecified atom stereocenters. The predicted octanol–water partition coefficient (Wildman–Crippen LogP) is 8.22. The lowest BCUT2D eigenvalue weighted by molar-refractivity contribution is 0.0923. The predicted molar refractivity (Wildman–Crippen MR) is 164 cm³/mol. The normalized spacial score (nSPS) is 28.3. The van der Waals surface area contributed by atoms with Crippen LogP contribution in [-0.4, -0.2) is 71.2 Å². The van der Waals surface area contributed by atoms with Crippen molar-refractivity contribution in [1.29, 1.82) is 0 Å². The summed E-state index contributed by atoms with van der Waals surface area (Å²) in [6.07, 6.45) is 33.5. The van der Waals surface area contributed by atoms with Crippen molar-refractivity contribution in [3.8, 4) is 0 Å². The van der Waals surface area contributed by atoms with Crippen LogP contribution in [0.5, 0.6) is 0 Å². The highest BCUT2D eigenvalue weighted by Gasteiger charge is 2.36. The SMILES string of the molecule is C=CN1CN(CCCCCCN2CCN(C=C)C2C2CCCCCCCCC2)CC1C1CCCCCCC1. The summed E-state index contributed by atoms with van der Waals surface area (Å²) in [5.41, 5.74) is 0. The third kappa shape index (κ3) is 9.01. The van der Waals surface area contributed by atoms with E-state index in [4.69, 9.17) is 0 Å². The minimum atomic E-state index is 0.617. The molecule has 218 valence electrons. The second-order valence-electron chi connectivity index (χ2n) is 13.2. The van der Waals surface area contributed by atoms with Gasteiger partial charge in [0.2, 0.25) is 0 Å². The molecule has 0 amide bonds. The van der Waals surface area contributed by atoms with E-state index in [0.29, 0.717) is 12.2 Å². The Hall–Kier alpha value is -1.00. The summed E-state index contributed by atoms with van der Waals surface area (Å²) in [6, 6.07) is 0.715. The van der Waals surface area contributed by atoms with Gasteiger partial charge in [0, 0.05) is 32.2 Å². The summed E-state index contributed by atoms with van der Waals surface area (Å²) in [6.45, 7) is 15.7. The minimum absolute atomic E-state index is 0.617. The van der Waals surface area contributed by atoms with Crippen molar-refractivity contribution in [2.75, 3.05) is 39.4 Å². The summed E-state index contributed by atoms with van der Waals surface area (Å²) in [5.74, 6) is 1.72. The van der Waals surface area contributed by atoms with E-state index in [1.54, 1.807) is 0 Å². The van der Waals surface area contributed by atoms with Crippen LogP contribution < -0.4 is 0 Å². The zero-order valence-electron chi connectivity index (χ0n) is 25.1. The van der Waals surface area contributed by atoms with E-state index in [1.807, 2.05) is 0 Å². The minimum Gasteiger partial charge on any atom is -0.361 e. The Morgan fingerprint density at radius 3 is 1.66 bits per heavy atom. The highest BCUT2D eigenvalue weighted by molar-refractivity contribution is 4.93. The van der Waals surface area contributed by atoms with E-state index < -0.39 is 0 Å². The molecule has 2 saturated carbocycles. The lowest BCUT2D eigenvalue weighted by Crippen LogP contribution is -2.43. The molecule has 2 saturated heterocycles. The molecule has 0 radical (unpaired) electrons. The lowest BCUT2D eigenvalue weighted by atomic mass is 9.85. The molecule has 0 aromatic heterocycles. The van der Waals surface area contributed by atoms with E-state index in [1.165, 1.54) is 161 Å². The van der Waals surface area contributed by atoms with Gasteiger partial charge in [0.05, 0.1) is 12.8 Å². The maximum Gasteiger partial charge on any atom is 0.0844 e. The van der Waals surface area contributed by atoms with Crippen LogP contribution in [0.1, 0.15) is 128 Å². The molecule has 4 aliphatic rings. The molecular weight excluding hydrogens is 464 g/mol. The first kappa shape index (κ1) is 30.0. The van der Waals surface area contributed by atoms with Crippen LogP contribution in [0.4, 0.5) is 0 Å².